The molecule has 1 aliphatic heterocycles. The molecule has 1 N–H and O–H groups in total. The lowest BCUT2D eigenvalue weighted by molar-refractivity contribution is -0.126. The van der Waals surface area contributed by atoms with Gasteiger partial charge in [0.1, 0.15) is 0 Å². The SMILES string of the molecule is CC.CC(C)C1=C(C(C)C)N(C(C)C)C(=O)C=CN1. The van der Waals surface area contributed by atoms with Gasteiger partial charge in [0.05, 0.1) is 0 Å². The van der Waals surface area contributed by atoms with Crippen molar-refractivity contribution >= 4 is 5.91 Å². The average molecular weight is 266 g/mol. The average Bonchev–Trinajstić information content (AvgIpc) is 2.50. The summed E-state index contributed by atoms with van der Waals surface area (Å²) in [4.78, 5) is 14.0. The van der Waals surface area contributed by atoms with Crippen LogP contribution in [0.1, 0.15) is 55.4 Å². The van der Waals surface area contributed by atoms with E-state index in [4.69, 9.17) is 0 Å². The van der Waals surface area contributed by atoms with Crippen LogP contribution in [0.5, 0.6) is 0 Å². The number of nitrogens with zero attached hydrogens (tertiary/aromatic N) is 1. The number of carbonyl (C=O) groups is 1. The molecule has 0 saturated carbocycles. The van der Waals surface area contributed by atoms with Gasteiger partial charge in [-0.15, -0.1) is 0 Å². The summed E-state index contributed by atoms with van der Waals surface area (Å²) in [6, 6.07) is 0.179. The molecule has 0 saturated heterocycles. The fourth-order valence-corrected chi connectivity index (χ4v) is 2.19. The number of carbonyl (C=O) groups excluding carboxylic acids is 1. The van der Waals surface area contributed by atoms with Crippen molar-refractivity contribution in [3.8, 4) is 0 Å². The third kappa shape index (κ3) is 4.41. The summed E-state index contributed by atoms with van der Waals surface area (Å²) in [5, 5.41) is 3.26. The van der Waals surface area contributed by atoms with Crippen LogP contribution in [-0.2, 0) is 4.79 Å². The molecule has 0 unspecified atom stereocenters. The van der Waals surface area contributed by atoms with Crippen LogP contribution in [0.3, 0.4) is 0 Å². The van der Waals surface area contributed by atoms with Crippen LogP contribution in [0.15, 0.2) is 23.7 Å². The maximum Gasteiger partial charge on any atom is 0.252 e. The molecule has 0 aromatic heterocycles. The number of allylic oxidation sites excluding steroid dienone is 2. The highest BCUT2D eigenvalue weighted by atomic mass is 16.2. The first-order valence-corrected chi connectivity index (χ1v) is 7.36. The normalized spacial score (nSPS) is 15.7. The van der Waals surface area contributed by atoms with Gasteiger partial charge in [0, 0.05) is 29.7 Å². The topological polar surface area (TPSA) is 32.3 Å². The van der Waals surface area contributed by atoms with Gasteiger partial charge in [0.25, 0.3) is 5.91 Å². The molecule has 110 valence electrons. The van der Waals surface area contributed by atoms with E-state index in [0.29, 0.717) is 11.8 Å². The number of rotatable bonds is 3. The lowest BCUT2D eigenvalue weighted by Gasteiger charge is -2.32. The zero-order valence-electron chi connectivity index (χ0n) is 13.7. The van der Waals surface area contributed by atoms with E-state index in [2.05, 4.69) is 46.9 Å². The van der Waals surface area contributed by atoms with Gasteiger partial charge in [-0.2, -0.15) is 0 Å². The Balaban J connectivity index is 0.00000154. The minimum Gasteiger partial charge on any atom is -0.363 e. The molecular formula is C16H30N2O. The predicted octanol–water partition coefficient (Wildman–Crippen LogP) is 3.89. The summed E-state index contributed by atoms with van der Waals surface area (Å²) in [6.07, 6.45) is 3.36. The molecule has 1 heterocycles. The van der Waals surface area contributed by atoms with Gasteiger partial charge in [-0.1, -0.05) is 41.5 Å². The van der Waals surface area contributed by atoms with Crippen LogP contribution in [-0.4, -0.2) is 16.8 Å². The summed E-state index contributed by atoms with van der Waals surface area (Å²) in [5.74, 6) is 0.766. The highest BCUT2D eigenvalue weighted by Gasteiger charge is 2.27. The second kappa shape index (κ2) is 8.03. The van der Waals surface area contributed by atoms with E-state index in [1.54, 1.807) is 12.3 Å². The Labute approximate surface area is 118 Å². The van der Waals surface area contributed by atoms with Crippen LogP contribution >= 0.6 is 0 Å². The maximum absolute atomic E-state index is 12.1. The quantitative estimate of drug-likeness (QED) is 0.840. The Hall–Kier alpha value is -1.25. The highest BCUT2D eigenvalue weighted by Crippen LogP contribution is 2.26. The Bertz CT molecular complexity index is 352. The Kier molecular flexibility index (Phi) is 7.50. The van der Waals surface area contributed by atoms with Gasteiger partial charge in [0.15, 0.2) is 0 Å². The molecule has 3 heteroatoms. The van der Waals surface area contributed by atoms with Crippen molar-refractivity contribution in [3.63, 3.8) is 0 Å². The third-order valence-corrected chi connectivity index (χ3v) is 2.88. The molecule has 19 heavy (non-hydrogen) atoms. The molecule has 0 atom stereocenters. The van der Waals surface area contributed by atoms with Gasteiger partial charge >= 0.3 is 0 Å². The van der Waals surface area contributed by atoms with Crippen molar-refractivity contribution in [1.82, 2.24) is 10.2 Å². The molecule has 1 aliphatic rings. The van der Waals surface area contributed by atoms with Crippen molar-refractivity contribution in [3.05, 3.63) is 23.7 Å². The van der Waals surface area contributed by atoms with Gasteiger partial charge in [-0.25, -0.2) is 0 Å². The molecule has 0 spiro atoms. The predicted molar refractivity (Wildman–Crippen MR) is 82.3 cm³/mol. The van der Waals surface area contributed by atoms with Crippen molar-refractivity contribution in [2.45, 2.75) is 61.4 Å². The maximum atomic E-state index is 12.1. The first-order chi connectivity index (χ1) is 8.86. The Morgan fingerprint density at radius 3 is 1.89 bits per heavy atom. The third-order valence-electron chi connectivity index (χ3n) is 2.88. The smallest absolute Gasteiger partial charge is 0.252 e. The molecule has 0 bridgehead atoms. The Morgan fingerprint density at radius 2 is 1.53 bits per heavy atom. The summed E-state index contributed by atoms with van der Waals surface area (Å²) < 4.78 is 0. The van der Waals surface area contributed by atoms with Crippen molar-refractivity contribution < 1.29 is 4.79 Å². The zero-order chi connectivity index (χ0) is 15.2. The van der Waals surface area contributed by atoms with Crippen molar-refractivity contribution in [2.24, 2.45) is 11.8 Å². The lowest BCUT2D eigenvalue weighted by Crippen LogP contribution is -2.38. The fourth-order valence-electron chi connectivity index (χ4n) is 2.19. The molecule has 0 aromatic rings. The molecule has 1 amide bonds. The van der Waals surface area contributed by atoms with Crippen LogP contribution in [0.2, 0.25) is 0 Å². The van der Waals surface area contributed by atoms with Crippen LogP contribution in [0, 0.1) is 11.8 Å². The largest absolute Gasteiger partial charge is 0.363 e. The van der Waals surface area contributed by atoms with Crippen LogP contribution in [0.4, 0.5) is 0 Å². The summed E-state index contributed by atoms with van der Waals surface area (Å²) >= 11 is 0. The molecule has 0 fully saturated rings. The van der Waals surface area contributed by atoms with E-state index >= 15 is 0 Å². The van der Waals surface area contributed by atoms with Gasteiger partial charge in [0.2, 0.25) is 0 Å². The number of hydrogen-bond donors (Lipinski definition) is 1. The summed E-state index contributed by atoms with van der Waals surface area (Å²) in [6.45, 7) is 16.7. The minimum absolute atomic E-state index is 0.0619. The standard InChI is InChI=1S/C14H24N2O.C2H6/c1-9(2)13-14(10(3)4)16(11(5)6)12(17)7-8-15-13;1-2/h7-11,15H,1-6H3;1-2H3. The van der Waals surface area contributed by atoms with Crippen molar-refractivity contribution in [2.75, 3.05) is 0 Å². The van der Waals surface area contributed by atoms with Crippen molar-refractivity contribution in [1.29, 1.82) is 0 Å². The lowest BCUT2D eigenvalue weighted by atomic mass is 9.99. The molecule has 0 aliphatic carbocycles. The molecule has 0 aromatic carbocycles. The number of hydrogen-bond acceptors (Lipinski definition) is 2. The first kappa shape index (κ1) is 17.8. The summed E-state index contributed by atoms with van der Waals surface area (Å²) in [5.41, 5.74) is 2.26. The van der Waals surface area contributed by atoms with E-state index in [-0.39, 0.29) is 11.9 Å². The van der Waals surface area contributed by atoms with E-state index in [1.165, 1.54) is 0 Å². The van der Waals surface area contributed by atoms with Gasteiger partial charge in [-0.05, 0) is 25.7 Å². The van der Waals surface area contributed by atoms with Crippen LogP contribution in [0.25, 0.3) is 0 Å². The second-order valence-electron chi connectivity index (χ2n) is 5.39. The fraction of sp³-hybridized carbons (Fsp3) is 0.688. The molecule has 1 rings (SSSR count). The first-order valence-electron chi connectivity index (χ1n) is 7.36. The van der Waals surface area contributed by atoms with E-state index in [0.717, 1.165) is 11.4 Å². The zero-order valence-corrected chi connectivity index (χ0v) is 13.7. The van der Waals surface area contributed by atoms with Gasteiger partial charge in [-0.3, -0.25) is 4.79 Å². The number of nitrogens with one attached hydrogen (secondary N) is 1. The minimum atomic E-state index is 0.0619. The molecule has 0 radical (unpaired) electrons. The van der Waals surface area contributed by atoms with E-state index in [9.17, 15) is 4.79 Å². The summed E-state index contributed by atoms with van der Waals surface area (Å²) in [7, 11) is 0. The molecule has 3 nitrogen and oxygen atoms in total. The molecular weight excluding hydrogens is 236 g/mol. The van der Waals surface area contributed by atoms with Gasteiger partial charge < -0.3 is 10.2 Å². The number of amides is 1. The van der Waals surface area contributed by atoms with E-state index in [1.807, 2.05) is 18.7 Å². The monoisotopic (exact) mass is 266 g/mol. The highest BCUT2D eigenvalue weighted by molar-refractivity contribution is 5.89. The van der Waals surface area contributed by atoms with E-state index < -0.39 is 0 Å². The van der Waals surface area contributed by atoms with Crippen LogP contribution < -0.4 is 5.32 Å². The Morgan fingerprint density at radius 1 is 1.00 bits per heavy atom. The second-order valence-corrected chi connectivity index (χ2v) is 5.39.